The van der Waals surface area contributed by atoms with E-state index in [1.807, 2.05) is 0 Å². The number of amides is 1. The summed E-state index contributed by atoms with van der Waals surface area (Å²) < 4.78 is 0. The standard InChI is InChI=1S/C14H25NO/c1-10(2)13-9-12(13)8-11(3)14(16)15-6-4-5-7-15/h10-13H,4-9H2,1-3H3. The van der Waals surface area contributed by atoms with Crippen LogP contribution in [0.4, 0.5) is 0 Å². The van der Waals surface area contributed by atoms with Crippen LogP contribution >= 0.6 is 0 Å². The largest absolute Gasteiger partial charge is 0.342 e. The van der Waals surface area contributed by atoms with Crippen LogP contribution in [0, 0.1) is 23.7 Å². The van der Waals surface area contributed by atoms with E-state index in [4.69, 9.17) is 0 Å². The van der Waals surface area contributed by atoms with Crippen LogP contribution in [0.3, 0.4) is 0 Å². The highest BCUT2D eigenvalue weighted by molar-refractivity contribution is 5.78. The van der Waals surface area contributed by atoms with Gasteiger partial charge in [-0.15, -0.1) is 0 Å². The maximum Gasteiger partial charge on any atom is 0.225 e. The summed E-state index contributed by atoms with van der Waals surface area (Å²) in [7, 11) is 0. The van der Waals surface area contributed by atoms with Crippen molar-refractivity contribution in [3.63, 3.8) is 0 Å². The first-order valence-corrected chi connectivity index (χ1v) is 6.88. The third-order valence-electron chi connectivity index (χ3n) is 4.33. The topological polar surface area (TPSA) is 20.3 Å². The van der Waals surface area contributed by atoms with Gasteiger partial charge >= 0.3 is 0 Å². The van der Waals surface area contributed by atoms with Crippen LogP contribution in [0.5, 0.6) is 0 Å². The second-order valence-corrected chi connectivity index (χ2v) is 6.07. The van der Waals surface area contributed by atoms with Gasteiger partial charge < -0.3 is 4.90 Å². The monoisotopic (exact) mass is 223 g/mol. The molecular formula is C14H25NO. The van der Waals surface area contributed by atoms with Gasteiger partial charge in [0.2, 0.25) is 5.91 Å². The third-order valence-corrected chi connectivity index (χ3v) is 4.33. The molecule has 0 N–H and O–H groups in total. The minimum absolute atomic E-state index is 0.256. The number of hydrogen-bond donors (Lipinski definition) is 0. The van der Waals surface area contributed by atoms with Gasteiger partial charge in [0.15, 0.2) is 0 Å². The number of hydrogen-bond acceptors (Lipinski definition) is 1. The minimum atomic E-state index is 0.256. The summed E-state index contributed by atoms with van der Waals surface area (Å²) in [6.45, 7) is 8.73. The highest BCUT2D eigenvalue weighted by Gasteiger charge is 2.41. The molecule has 1 amide bonds. The fourth-order valence-corrected chi connectivity index (χ4v) is 3.16. The van der Waals surface area contributed by atoms with E-state index in [1.54, 1.807) is 0 Å². The summed E-state index contributed by atoms with van der Waals surface area (Å²) in [5, 5.41) is 0. The lowest BCUT2D eigenvalue weighted by molar-refractivity contribution is -0.134. The molecule has 0 aromatic carbocycles. The SMILES string of the molecule is CC(CC1CC1C(C)C)C(=O)N1CCCC1. The molecular weight excluding hydrogens is 198 g/mol. The Hall–Kier alpha value is -0.530. The van der Waals surface area contributed by atoms with Crippen LogP contribution in [0.2, 0.25) is 0 Å². The lowest BCUT2D eigenvalue weighted by Crippen LogP contribution is -2.32. The van der Waals surface area contributed by atoms with E-state index in [0.717, 1.165) is 37.3 Å². The van der Waals surface area contributed by atoms with Crippen molar-refractivity contribution >= 4 is 5.91 Å². The van der Waals surface area contributed by atoms with Crippen LogP contribution in [-0.4, -0.2) is 23.9 Å². The number of carbonyl (C=O) groups is 1. The van der Waals surface area contributed by atoms with Gasteiger partial charge in [-0.3, -0.25) is 4.79 Å². The van der Waals surface area contributed by atoms with E-state index in [2.05, 4.69) is 25.7 Å². The van der Waals surface area contributed by atoms with Gasteiger partial charge in [-0.2, -0.15) is 0 Å². The van der Waals surface area contributed by atoms with Crippen molar-refractivity contribution in [1.29, 1.82) is 0 Å². The van der Waals surface area contributed by atoms with Gasteiger partial charge in [-0.05, 0) is 43.4 Å². The van der Waals surface area contributed by atoms with Crippen LogP contribution in [0.25, 0.3) is 0 Å². The zero-order valence-corrected chi connectivity index (χ0v) is 10.9. The smallest absolute Gasteiger partial charge is 0.225 e. The fourth-order valence-electron chi connectivity index (χ4n) is 3.16. The Morgan fingerprint density at radius 3 is 2.38 bits per heavy atom. The van der Waals surface area contributed by atoms with Crippen LogP contribution < -0.4 is 0 Å². The molecule has 2 aliphatic rings. The van der Waals surface area contributed by atoms with Gasteiger partial charge in [-0.1, -0.05) is 20.8 Å². The summed E-state index contributed by atoms with van der Waals surface area (Å²) in [4.78, 5) is 14.2. The van der Waals surface area contributed by atoms with E-state index in [1.165, 1.54) is 19.3 Å². The Kier molecular flexibility index (Phi) is 3.56. The molecule has 0 spiro atoms. The number of rotatable bonds is 4. The van der Waals surface area contributed by atoms with Crippen LogP contribution in [0.15, 0.2) is 0 Å². The first-order chi connectivity index (χ1) is 7.59. The molecule has 3 unspecified atom stereocenters. The first kappa shape index (κ1) is 11.9. The van der Waals surface area contributed by atoms with Gasteiger partial charge in [-0.25, -0.2) is 0 Å². The molecule has 2 rings (SSSR count). The first-order valence-electron chi connectivity index (χ1n) is 6.88. The molecule has 1 saturated heterocycles. The van der Waals surface area contributed by atoms with Gasteiger partial charge in [0.05, 0.1) is 0 Å². The molecule has 2 fully saturated rings. The van der Waals surface area contributed by atoms with E-state index < -0.39 is 0 Å². The molecule has 0 radical (unpaired) electrons. The number of likely N-dealkylation sites (tertiary alicyclic amines) is 1. The average molecular weight is 223 g/mol. The molecule has 16 heavy (non-hydrogen) atoms. The second-order valence-electron chi connectivity index (χ2n) is 6.07. The van der Waals surface area contributed by atoms with Gasteiger partial charge in [0.1, 0.15) is 0 Å². The molecule has 0 aromatic rings. The number of carbonyl (C=O) groups excluding carboxylic acids is 1. The molecule has 0 bridgehead atoms. The van der Waals surface area contributed by atoms with Crippen molar-refractivity contribution in [3.05, 3.63) is 0 Å². The van der Waals surface area contributed by atoms with Crippen molar-refractivity contribution in [3.8, 4) is 0 Å². The van der Waals surface area contributed by atoms with E-state index in [9.17, 15) is 4.79 Å². The Morgan fingerprint density at radius 1 is 1.25 bits per heavy atom. The highest BCUT2D eigenvalue weighted by atomic mass is 16.2. The molecule has 2 nitrogen and oxygen atoms in total. The maximum absolute atomic E-state index is 12.1. The van der Waals surface area contributed by atoms with Crippen molar-refractivity contribution < 1.29 is 4.79 Å². The van der Waals surface area contributed by atoms with E-state index in [0.29, 0.717) is 5.91 Å². The van der Waals surface area contributed by atoms with E-state index >= 15 is 0 Å². The average Bonchev–Trinajstić information content (AvgIpc) is 2.79. The molecule has 1 aliphatic heterocycles. The predicted octanol–water partition coefficient (Wildman–Crippen LogP) is 2.93. The maximum atomic E-state index is 12.1. The fraction of sp³-hybridized carbons (Fsp3) is 0.929. The Bertz CT molecular complexity index is 255. The van der Waals surface area contributed by atoms with Crippen molar-refractivity contribution in [1.82, 2.24) is 4.90 Å². The summed E-state index contributed by atoms with van der Waals surface area (Å²) in [6.07, 6.45) is 4.89. The van der Waals surface area contributed by atoms with Crippen molar-refractivity contribution in [2.75, 3.05) is 13.1 Å². The molecule has 2 heteroatoms. The lowest BCUT2D eigenvalue weighted by atomic mass is 9.99. The predicted molar refractivity (Wildman–Crippen MR) is 66.0 cm³/mol. The quantitative estimate of drug-likeness (QED) is 0.717. The summed E-state index contributed by atoms with van der Waals surface area (Å²) in [5.74, 6) is 3.20. The lowest BCUT2D eigenvalue weighted by Gasteiger charge is -2.20. The molecule has 92 valence electrons. The van der Waals surface area contributed by atoms with Crippen LogP contribution in [0.1, 0.15) is 46.5 Å². The van der Waals surface area contributed by atoms with E-state index in [-0.39, 0.29) is 5.92 Å². The van der Waals surface area contributed by atoms with Crippen molar-refractivity contribution in [2.24, 2.45) is 23.7 Å². The molecule has 1 heterocycles. The highest BCUT2D eigenvalue weighted by Crippen LogP contribution is 2.47. The molecule has 0 aromatic heterocycles. The summed E-state index contributed by atoms with van der Waals surface area (Å²) >= 11 is 0. The zero-order valence-electron chi connectivity index (χ0n) is 10.9. The molecule has 3 atom stereocenters. The van der Waals surface area contributed by atoms with Crippen molar-refractivity contribution in [2.45, 2.75) is 46.5 Å². The van der Waals surface area contributed by atoms with Gasteiger partial charge in [0.25, 0.3) is 0 Å². The zero-order chi connectivity index (χ0) is 11.7. The number of nitrogens with zero attached hydrogens (tertiary/aromatic N) is 1. The Morgan fingerprint density at radius 2 is 1.88 bits per heavy atom. The Labute approximate surface area is 99.4 Å². The van der Waals surface area contributed by atoms with Crippen LogP contribution in [-0.2, 0) is 4.79 Å². The Balaban J connectivity index is 1.75. The molecule has 1 aliphatic carbocycles. The normalized spacial score (nSPS) is 30.9. The summed E-state index contributed by atoms with van der Waals surface area (Å²) in [6, 6.07) is 0. The summed E-state index contributed by atoms with van der Waals surface area (Å²) in [5.41, 5.74) is 0. The third kappa shape index (κ3) is 2.58. The van der Waals surface area contributed by atoms with Gasteiger partial charge in [0, 0.05) is 19.0 Å². The minimum Gasteiger partial charge on any atom is -0.342 e. The second kappa shape index (κ2) is 4.77. The molecule has 1 saturated carbocycles.